The van der Waals surface area contributed by atoms with Crippen molar-refractivity contribution in [2.75, 3.05) is 6.54 Å². The maximum Gasteiger partial charge on any atom is 0.136 e. The van der Waals surface area contributed by atoms with Crippen LogP contribution < -0.4 is 11.1 Å². The fraction of sp³-hybridized carbons (Fsp3) is 0.409. The number of nitrogens with two attached hydrogens (primary N) is 1. The zero-order chi connectivity index (χ0) is 20.1. The van der Waals surface area contributed by atoms with Crippen LogP contribution in [0.3, 0.4) is 0 Å². The van der Waals surface area contributed by atoms with Gasteiger partial charge in [0.1, 0.15) is 11.6 Å². The lowest BCUT2D eigenvalue weighted by Crippen LogP contribution is -2.42. The molecule has 2 heterocycles. The van der Waals surface area contributed by atoms with Gasteiger partial charge in [-0.05, 0) is 37.1 Å². The van der Waals surface area contributed by atoms with Crippen LogP contribution in [0.5, 0.6) is 0 Å². The Balaban J connectivity index is 1.55. The van der Waals surface area contributed by atoms with Crippen molar-refractivity contribution in [1.82, 2.24) is 15.2 Å². The smallest absolute Gasteiger partial charge is 0.136 e. The molecule has 3 N–H and O–H groups in total. The van der Waals surface area contributed by atoms with Crippen LogP contribution in [0.1, 0.15) is 30.7 Å². The predicted octanol–water partition coefficient (Wildman–Crippen LogP) is 1.88. The van der Waals surface area contributed by atoms with Crippen LogP contribution in [0.15, 0.2) is 48.7 Å². The van der Waals surface area contributed by atoms with Crippen LogP contribution in [0.25, 0.3) is 0 Å². The van der Waals surface area contributed by atoms with Gasteiger partial charge in [0.25, 0.3) is 0 Å². The Morgan fingerprint density at radius 3 is 2.36 bits per heavy atom. The number of nitrogens with one attached hydrogen (secondary N) is 1. The molecule has 6 heteroatoms. The van der Waals surface area contributed by atoms with E-state index >= 15 is 0 Å². The van der Waals surface area contributed by atoms with Crippen LogP contribution in [0.4, 0.5) is 0 Å². The highest BCUT2D eigenvalue weighted by Crippen LogP contribution is 2.30. The van der Waals surface area contributed by atoms with Gasteiger partial charge in [0.2, 0.25) is 0 Å². The molecular formula is C22H28N4O2. The molecule has 1 aliphatic heterocycles. The number of nitrogens with zero attached hydrogens (tertiary/aromatic N) is 2. The SMILES string of the molecule is CC(=O)C1CN(Cc2ccc(CNCc3ccccn3)cc2)C(N)C1C(C)=O. The molecule has 1 fully saturated rings. The minimum absolute atomic E-state index is 0.00970. The molecule has 148 valence electrons. The number of carbonyl (C=O) groups excluding carboxylic acids is 2. The van der Waals surface area contributed by atoms with Crippen molar-refractivity contribution in [2.24, 2.45) is 17.6 Å². The van der Waals surface area contributed by atoms with Gasteiger partial charge in [-0.2, -0.15) is 0 Å². The van der Waals surface area contributed by atoms with E-state index in [1.165, 1.54) is 12.5 Å². The molecule has 3 rings (SSSR count). The number of aromatic nitrogens is 1. The summed E-state index contributed by atoms with van der Waals surface area (Å²) in [5.41, 5.74) is 9.61. The molecular weight excluding hydrogens is 352 g/mol. The third-order valence-corrected chi connectivity index (χ3v) is 5.42. The van der Waals surface area contributed by atoms with Gasteiger partial charge in [-0.25, -0.2) is 0 Å². The normalized spacial score (nSPS) is 22.3. The Morgan fingerprint density at radius 2 is 1.79 bits per heavy atom. The van der Waals surface area contributed by atoms with Crippen LogP contribution >= 0.6 is 0 Å². The first-order chi connectivity index (χ1) is 13.5. The van der Waals surface area contributed by atoms with Crippen molar-refractivity contribution < 1.29 is 9.59 Å². The molecule has 0 aliphatic carbocycles. The molecule has 3 unspecified atom stereocenters. The molecule has 2 aromatic rings. The molecule has 1 aromatic carbocycles. The summed E-state index contributed by atoms with van der Waals surface area (Å²) in [4.78, 5) is 30.2. The minimum Gasteiger partial charge on any atom is -0.315 e. The monoisotopic (exact) mass is 380 g/mol. The van der Waals surface area contributed by atoms with Crippen molar-refractivity contribution in [3.63, 3.8) is 0 Å². The zero-order valence-electron chi connectivity index (χ0n) is 16.5. The van der Waals surface area contributed by atoms with Gasteiger partial charge in [-0.1, -0.05) is 30.3 Å². The van der Waals surface area contributed by atoms with Crippen molar-refractivity contribution in [3.05, 3.63) is 65.5 Å². The van der Waals surface area contributed by atoms with Gasteiger partial charge in [-0.3, -0.25) is 19.5 Å². The van der Waals surface area contributed by atoms with Crippen LogP contribution in [0.2, 0.25) is 0 Å². The van der Waals surface area contributed by atoms with E-state index < -0.39 is 12.1 Å². The first-order valence-corrected chi connectivity index (χ1v) is 9.64. The van der Waals surface area contributed by atoms with Crippen molar-refractivity contribution in [3.8, 4) is 0 Å². The summed E-state index contributed by atoms with van der Waals surface area (Å²) in [5, 5.41) is 3.39. The third-order valence-electron chi connectivity index (χ3n) is 5.42. The van der Waals surface area contributed by atoms with Gasteiger partial charge in [-0.15, -0.1) is 0 Å². The Kier molecular flexibility index (Phi) is 6.67. The van der Waals surface area contributed by atoms with Crippen LogP contribution in [-0.2, 0) is 29.2 Å². The molecule has 6 nitrogen and oxygen atoms in total. The van der Waals surface area contributed by atoms with Gasteiger partial charge >= 0.3 is 0 Å². The van der Waals surface area contributed by atoms with Gasteiger partial charge in [0, 0.05) is 38.3 Å². The first-order valence-electron chi connectivity index (χ1n) is 9.64. The molecule has 1 aliphatic rings. The Morgan fingerprint density at radius 1 is 1.07 bits per heavy atom. The number of benzene rings is 1. The van der Waals surface area contributed by atoms with Gasteiger partial charge < -0.3 is 11.1 Å². The molecule has 28 heavy (non-hydrogen) atoms. The number of hydrogen-bond acceptors (Lipinski definition) is 6. The zero-order valence-corrected chi connectivity index (χ0v) is 16.5. The lowest BCUT2D eigenvalue weighted by atomic mass is 9.88. The number of hydrogen-bond donors (Lipinski definition) is 2. The fourth-order valence-electron chi connectivity index (χ4n) is 3.86. The predicted molar refractivity (Wildman–Crippen MR) is 108 cm³/mol. The number of rotatable bonds is 8. The Labute approximate surface area is 166 Å². The fourth-order valence-corrected chi connectivity index (χ4v) is 3.86. The average molecular weight is 380 g/mol. The maximum atomic E-state index is 11.9. The summed E-state index contributed by atoms with van der Waals surface area (Å²) in [5.74, 6) is -0.688. The number of carbonyl (C=O) groups is 2. The summed E-state index contributed by atoms with van der Waals surface area (Å²) in [6, 6.07) is 14.2. The van der Waals surface area contributed by atoms with Crippen molar-refractivity contribution in [2.45, 2.75) is 39.6 Å². The number of likely N-dealkylation sites (tertiary alicyclic amines) is 1. The minimum atomic E-state index is -0.411. The molecule has 3 atom stereocenters. The van der Waals surface area contributed by atoms with E-state index in [4.69, 9.17) is 5.73 Å². The molecule has 0 bridgehead atoms. The molecule has 0 spiro atoms. The van der Waals surface area contributed by atoms with Crippen molar-refractivity contribution in [1.29, 1.82) is 0 Å². The molecule has 0 amide bonds. The van der Waals surface area contributed by atoms with E-state index in [1.54, 1.807) is 13.1 Å². The maximum absolute atomic E-state index is 11.9. The largest absolute Gasteiger partial charge is 0.315 e. The second kappa shape index (κ2) is 9.19. The van der Waals surface area contributed by atoms with E-state index in [0.717, 1.165) is 24.3 Å². The molecule has 0 radical (unpaired) electrons. The van der Waals surface area contributed by atoms with E-state index in [0.29, 0.717) is 13.1 Å². The van der Waals surface area contributed by atoms with E-state index in [1.807, 2.05) is 23.1 Å². The number of pyridine rings is 1. The summed E-state index contributed by atoms with van der Waals surface area (Å²) in [6.07, 6.45) is 1.38. The van der Waals surface area contributed by atoms with E-state index in [2.05, 4.69) is 34.6 Å². The lowest BCUT2D eigenvalue weighted by Gasteiger charge is -2.23. The Bertz CT molecular complexity index is 807. The van der Waals surface area contributed by atoms with Gasteiger partial charge in [0.05, 0.1) is 17.8 Å². The summed E-state index contributed by atoms with van der Waals surface area (Å²) in [7, 11) is 0. The highest BCUT2D eigenvalue weighted by molar-refractivity contribution is 5.88. The van der Waals surface area contributed by atoms with Gasteiger partial charge in [0.15, 0.2) is 0 Å². The second-order valence-electron chi connectivity index (χ2n) is 7.51. The van der Waals surface area contributed by atoms with Crippen LogP contribution in [-0.4, -0.2) is 34.2 Å². The second-order valence-corrected chi connectivity index (χ2v) is 7.51. The molecule has 0 saturated carbocycles. The lowest BCUT2D eigenvalue weighted by molar-refractivity contribution is -0.129. The summed E-state index contributed by atoms with van der Waals surface area (Å²) >= 11 is 0. The summed E-state index contributed by atoms with van der Waals surface area (Å²) in [6.45, 7) is 5.73. The average Bonchev–Trinajstić information content (AvgIpc) is 3.01. The highest BCUT2D eigenvalue weighted by atomic mass is 16.1. The Hall–Kier alpha value is -2.41. The first kappa shape index (κ1) is 20.3. The molecule has 1 saturated heterocycles. The third kappa shape index (κ3) is 4.90. The quantitative estimate of drug-likeness (QED) is 0.727. The van der Waals surface area contributed by atoms with Crippen molar-refractivity contribution >= 4 is 11.6 Å². The highest BCUT2D eigenvalue weighted by Gasteiger charge is 2.44. The number of ketones is 2. The standard InChI is InChI=1S/C22H28N4O2/c1-15(27)20-14-26(22(23)21(20)16(2)28)13-18-8-6-17(7-9-18)11-24-12-19-5-3-4-10-25-19/h3-10,20-22,24H,11-14,23H2,1-2H3. The topological polar surface area (TPSA) is 88.3 Å². The summed E-state index contributed by atoms with van der Waals surface area (Å²) < 4.78 is 0. The molecule has 1 aromatic heterocycles. The van der Waals surface area contributed by atoms with E-state index in [9.17, 15) is 9.59 Å². The van der Waals surface area contributed by atoms with E-state index in [-0.39, 0.29) is 17.5 Å². The number of Topliss-reactive ketones (excluding diaryl/α,β-unsaturated/α-hetero) is 2. The van der Waals surface area contributed by atoms with Crippen LogP contribution in [0, 0.1) is 11.8 Å².